The molecule has 6 nitrogen and oxygen atoms in total. The van der Waals surface area contributed by atoms with Crippen LogP contribution in [-0.4, -0.2) is 46.2 Å². The Morgan fingerprint density at radius 3 is 2.87 bits per heavy atom. The number of amides is 1. The van der Waals surface area contributed by atoms with E-state index in [1.54, 1.807) is 0 Å². The van der Waals surface area contributed by atoms with E-state index in [1.807, 2.05) is 0 Å². The summed E-state index contributed by atoms with van der Waals surface area (Å²) in [5.74, 6) is -1.56. The summed E-state index contributed by atoms with van der Waals surface area (Å²) >= 11 is 0. The predicted molar refractivity (Wildman–Crippen MR) is 75.8 cm³/mol. The second-order valence-corrected chi connectivity index (χ2v) is 5.46. The molecule has 1 amide bonds. The number of hydrogen-bond acceptors (Lipinski definition) is 4. The number of hydrogen-bond donors (Lipinski definition) is 4. The molecule has 0 spiro atoms. The van der Waals surface area contributed by atoms with Crippen LogP contribution in [0.1, 0.15) is 22.6 Å². The maximum atomic E-state index is 12.6. The van der Waals surface area contributed by atoms with Crippen LogP contribution in [0.4, 0.5) is 13.2 Å². The average Bonchev–Trinajstić information content (AvgIpc) is 2.92. The zero-order chi connectivity index (χ0) is 16.6. The third-order valence-electron chi connectivity index (χ3n) is 3.77. The fraction of sp³-hybridized carbons (Fsp3) is 0.429. The third-order valence-corrected chi connectivity index (χ3v) is 3.77. The molecular formula is C14H15F3N4O2. The van der Waals surface area contributed by atoms with Crippen molar-refractivity contribution >= 4 is 16.9 Å². The number of aliphatic hydroxyl groups excluding tert-OH is 1. The lowest BCUT2D eigenvalue weighted by Gasteiger charge is -2.29. The number of aliphatic hydroxyl groups is 1. The molecule has 2 atom stereocenters. The molecule has 0 saturated carbocycles. The van der Waals surface area contributed by atoms with Crippen molar-refractivity contribution in [3.63, 3.8) is 0 Å². The number of nitrogens with zero attached hydrogens (tertiary/aromatic N) is 1. The first-order chi connectivity index (χ1) is 10.8. The third kappa shape index (κ3) is 3.30. The van der Waals surface area contributed by atoms with E-state index in [4.69, 9.17) is 0 Å². The van der Waals surface area contributed by atoms with Crippen LogP contribution >= 0.6 is 0 Å². The average molecular weight is 328 g/mol. The van der Waals surface area contributed by atoms with E-state index < -0.39 is 30.1 Å². The minimum atomic E-state index is -4.57. The van der Waals surface area contributed by atoms with Crippen LogP contribution < -0.4 is 10.6 Å². The van der Waals surface area contributed by atoms with Gasteiger partial charge in [0.15, 0.2) is 0 Å². The Hall–Kier alpha value is -2.13. The van der Waals surface area contributed by atoms with Gasteiger partial charge in [-0.1, -0.05) is 0 Å². The minimum Gasteiger partial charge on any atom is -0.391 e. The number of piperidine rings is 1. The molecule has 3 rings (SSSR count). The number of carbonyl (C=O) groups excluding carboxylic acids is 1. The van der Waals surface area contributed by atoms with E-state index in [1.165, 1.54) is 18.2 Å². The van der Waals surface area contributed by atoms with Crippen LogP contribution in [0.2, 0.25) is 0 Å². The highest BCUT2D eigenvalue weighted by atomic mass is 19.4. The Balaban J connectivity index is 1.80. The van der Waals surface area contributed by atoms with Crippen LogP contribution in [0.25, 0.3) is 11.0 Å². The van der Waals surface area contributed by atoms with Crippen molar-refractivity contribution < 1.29 is 23.1 Å². The topological polar surface area (TPSA) is 90.0 Å². The van der Waals surface area contributed by atoms with Gasteiger partial charge in [-0.05, 0) is 31.2 Å². The lowest BCUT2D eigenvalue weighted by Crippen LogP contribution is -2.53. The first kappa shape index (κ1) is 15.8. The summed E-state index contributed by atoms with van der Waals surface area (Å²) < 4.78 is 37.9. The van der Waals surface area contributed by atoms with Crippen LogP contribution in [-0.2, 0) is 6.18 Å². The first-order valence-electron chi connectivity index (χ1n) is 7.11. The maximum Gasteiger partial charge on any atom is 0.449 e. The number of rotatable bonds is 2. The molecule has 1 aromatic carbocycles. The quantitative estimate of drug-likeness (QED) is 0.663. The molecule has 9 heteroatoms. The molecule has 1 aliphatic rings. The maximum absolute atomic E-state index is 12.6. The Morgan fingerprint density at radius 2 is 2.17 bits per heavy atom. The number of fused-ring (bicyclic) bond motifs is 1. The van der Waals surface area contributed by atoms with Crippen molar-refractivity contribution in [1.29, 1.82) is 0 Å². The highest BCUT2D eigenvalue weighted by molar-refractivity contribution is 5.97. The highest BCUT2D eigenvalue weighted by Gasteiger charge is 2.34. The first-order valence-corrected chi connectivity index (χ1v) is 7.11. The molecule has 1 aromatic heterocycles. The van der Waals surface area contributed by atoms with Crippen molar-refractivity contribution in [2.24, 2.45) is 0 Å². The second-order valence-electron chi connectivity index (χ2n) is 5.46. The van der Waals surface area contributed by atoms with Gasteiger partial charge in [-0.15, -0.1) is 0 Å². The summed E-state index contributed by atoms with van der Waals surface area (Å²) in [4.78, 5) is 17.8. The molecule has 2 heterocycles. The summed E-state index contributed by atoms with van der Waals surface area (Å²) in [6.07, 6.45) is -4.69. The van der Waals surface area contributed by atoms with Gasteiger partial charge in [0.05, 0.1) is 23.2 Å². The molecule has 0 radical (unpaired) electrons. The fourth-order valence-corrected chi connectivity index (χ4v) is 2.53. The van der Waals surface area contributed by atoms with E-state index in [-0.39, 0.29) is 16.6 Å². The van der Waals surface area contributed by atoms with E-state index >= 15 is 0 Å². The summed E-state index contributed by atoms with van der Waals surface area (Å²) in [5, 5.41) is 15.6. The molecule has 1 aliphatic heterocycles. The van der Waals surface area contributed by atoms with Gasteiger partial charge in [0.2, 0.25) is 5.82 Å². The largest absolute Gasteiger partial charge is 0.449 e. The van der Waals surface area contributed by atoms with E-state index in [2.05, 4.69) is 20.6 Å². The van der Waals surface area contributed by atoms with Crippen molar-refractivity contribution in [3.8, 4) is 0 Å². The second kappa shape index (κ2) is 5.82. The van der Waals surface area contributed by atoms with Crippen LogP contribution in [0, 0.1) is 0 Å². The summed E-state index contributed by atoms with van der Waals surface area (Å²) in [6.45, 7) is 1.12. The zero-order valence-electron chi connectivity index (χ0n) is 11.9. The Labute approximate surface area is 129 Å². The number of alkyl halides is 3. The lowest BCUT2D eigenvalue weighted by atomic mass is 10.0. The molecule has 0 aliphatic carbocycles. The monoisotopic (exact) mass is 328 g/mol. The van der Waals surface area contributed by atoms with E-state index in [0.717, 1.165) is 0 Å². The van der Waals surface area contributed by atoms with E-state index in [0.29, 0.717) is 19.5 Å². The number of carbonyl (C=O) groups is 1. The Morgan fingerprint density at radius 1 is 1.39 bits per heavy atom. The number of halogens is 3. The number of aromatic nitrogens is 2. The van der Waals surface area contributed by atoms with Crippen LogP contribution in [0.15, 0.2) is 18.2 Å². The van der Waals surface area contributed by atoms with E-state index in [9.17, 15) is 23.1 Å². The van der Waals surface area contributed by atoms with Crippen LogP contribution in [0.5, 0.6) is 0 Å². The Kier molecular flexibility index (Phi) is 3.99. The summed E-state index contributed by atoms with van der Waals surface area (Å²) in [6, 6.07) is 3.64. The van der Waals surface area contributed by atoms with Gasteiger partial charge in [-0.3, -0.25) is 4.79 Å². The molecule has 1 saturated heterocycles. The smallest absolute Gasteiger partial charge is 0.391 e. The standard InChI is InChI=1S/C14H15F3N4O2/c15-14(16,17)13-20-8-2-1-7(5-9(8)21-13)12(23)19-10-6-18-4-3-11(10)22/h1-2,5,10-11,18,22H,3-4,6H2,(H,19,23)(H,20,21)/t10-,11+/m0/s1. The van der Waals surface area contributed by atoms with Crippen molar-refractivity contribution in [2.45, 2.75) is 24.7 Å². The molecule has 0 unspecified atom stereocenters. The molecule has 1 fully saturated rings. The van der Waals surface area contributed by atoms with Gasteiger partial charge in [-0.25, -0.2) is 4.98 Å². The van der Waals surface area contributed by atoms with Gasteiger partial charge in [0.25, 0.3) is 5.91 Å². The SMILES string of the molecule is O=C(N[C@H]1CNCC[C@H]1O)c1ccc2nc(C(F)(F)F)[nH]c2c1. The van der Waals surface area contributed by atoms with Crippen LogP contribution in [0.3, 0.4) is 0 Å². The molecule has 124 valence electrons. The van der Waals surface area contributed by atoms with Gasteiger partial charge in [0.1, 0.15) is 0 Å². The van der Waals surface area contributed by atoms with Gasteiger partial charge >= 0.3 is 6.18 Å². The zero-order valence-corrected chi connectivity index (χ0v) is 11.9. The Bertz CT molecular complexity index is 728. The number of benzene rings is 1. The number of H-pyrrole nitrogens is 1. The lowest BCUT2D eigenvalue weighted by molar-refractivity contribution is -0.144. The number of nitrogens with one attached hydrogen (secondary N) is 3. The fourth-order valence-electron chi connectivity index (χ4n) is 2.53. The molecule has 2 aromatic rings. The molecule has 4 N–H and O–H groups in total. The number of aromatic amines is 1. The summed E-state index contributed by atoms with van der Waals surface area (Å²) in [5.41, 5.74) is 0.466. The summed E-state index contributed by atoms with van der Waals surface area (Å²) in [7, 11) is 0. The van der Waals surface area contributed by atoms with Crippen molar-refractivity contribution in [2.75, 3.05) is 13.1 Å². The van der Waals surface area contributed by atoms with Gasteiger partial charge < -0.3 is 20.7 Å². The van der Waals surface area contributed by atoms with Gasteiger partial charge in [-0.2, -0.15) is 13.2 Å². The minimum absolute atomic E-state index is 0.132. The molecular weight excluding hydrogens is 313 g/mol. The number of imidazole rings is 1. The van der Waals surface area contributed by atoms with Crippen molar-refractivity contribution in [1.82, 2.24) is 20.6 Å². The molecule has 23 heavy (non-hydrogen) atoms. The normalized spacial score (nSPS) is 22.3. The van der Waals surface area contributed by atoms with Gasteiger partial charge in [0, 0.05) is 12.1 Å². The highest BCUT2D eigenvalue weighted by Crippen LogP contribution is 2.28. The molecule has 0 bridgehead atoms. The predicted octanol–water partition coefficient (Wildman–Crippen LogP) is 1.03. The van der Waals surface area contributed by atoms with Crippen molar-refractivity contribution in [3.05, 3.63) is 29.6 Å².